The van der Waals surface area contributed by atoms with Crippen LogP contribution in [-0.4, -0.2) is 22.9 Å². The minimum atomic E-state index is -1.20. The van der Waals surface area contributed by atoms with E-state index < -0.39 is 11.9 Å². The SMILES string of the molecule is O=C(O)/C=C\C(=O)NNC(=O)[C@H]1C[C@H]2CC[C@H]1C2. The molecule has 3 atom stereocenters. The molecule has 0 heterocycles. The number of carbonyl (C=O) groups is 3. The summed E-state index contributed by atoms with van der Waals surface area (Å²) in [6.07, 6.45) is 5.91. The average molecular weight is 252 g/mol. The maximum Gasteiger partial charge on any atom is 0.328 e. The normalized spacial score (nSPS) is 29.4. The quantitative estimate of drug-likeness (QED) is 0.494. The van der Waals surface area contributed by atoms with Crippen molar-refractivity contribution in [1.29, 1.82) is 0 Å². The molecule has 2 aliphatic carbocycles. The van der Waals surface area contributed by atoms with Crippen molar-refractivity contribution in [3.63, 3.8) is 0 Å². The lowest BCUT2D eigenvalue weighted by Gasteiger charge is -2.20. The largest absolute Gasteiger partial charge is 0.478 e. The third kappa shape index (κ3) is 2.88. The molecule has 2 fully saturated rings. The summed E-state index contributed by atoms with van der Waals surface area (Å²) in [7, 11) is 0. The van der Waals surface area contributed by atoms with Gasteiger partial charge in [-0.1, -0.05) is 6.42 Å². The topological polar surface area (TPSA) is 95.5 Å². The van der Waals surface area contributed by atoms with E-state index in [1.807, 2.05) is 0 Å². The predicted molar refractivity (Wildman–Crippen MR) is 62.0 cm³/mol. The molecular formula is C12H16N2O4. The minimum absolute atomic E-state index is 0.00694. The summed E-state index contributed by atoms with van der Waals surface area (Å²) in [5.74, 6) is -0.917. The van der Waals surface area contributed by atoms with Crippen molar-refractivity contribution in [2.75, 3.05) is 0 Å². The molecule has 0 aromatic heterocycles. The van der Waals surface area contributed by atoms with Gasteiger partial charge >= 0.3 is 5.97 Å². The first-order valence-corrected chi connectivity index (χ1v) is 6.07. The van der Waals surface area contributed by atoms with Gasteiger partial charge in [0.1, 0.15) is 0 Å². The predicted octanol–water partition coefficient (Wildman–Crippen LogP) is 0.211. The summed E-state index contributed by atoms with van der Waals surface area (Å²) in [6, 6.07) is 0. The number of hydrogen-bond acceptors (Lipinski definition) is 3. The van der Waals surface area contributed by atoms with Gasteiger partial charge in [0.05, 0.1) is 0 Å². The smallest absolute Gasteiger partial charge is 0.328 e. The third-order valence-corrected chi connectivity index (χ3v) is 3.76. The van der Waals surface area contributed by atoms with E-state index >= 15 is 0 Å². The molecule has 0 radical (unpaired) electrons. The van der Waals surface area contributed by atoms with Gasteiger partial charge in [0.2, 0.25) is 5.91 Å². The monoisotopic (exact) mass is 252 g/mol. The molecule has 0 aromatic carbocycles. The Morgan fingerprint density at radius 3 is 2.39 bits per heavy atom. The summed E-state index contributed by atoms with van der Waals surface area (Å²) < 4.78 is 0. The number of nitrogens with one attached hydrogen (secondary N) is 2. The van der Waals surface area contributed by atoms with Gasteiger partial charge in [0, 0.05) is 18.1 Å². The zero-order chi connectivity index (χ0) is 13.1. The highest BCUT2D eigenvalue weighted by atomic mass is 16.4. The zero-order valence-corrected chi connectivity index (χ0v) is 9.89. The van der Waals surface area contributed by atoms with Gasteiger partial charge < -0.3 is 5.11 Å². The van der Waals surface area contributed by atoms with E-state index in [9.17, 15) is 14.4 Å². The second-order valence-corrected chi connectivity index (χ2v) is 4.93. The highest BCUT2D eigenvalue weighted by molar-refractivity contribution is 5.95. The van der Waals surface area contributed by atoms with Crippen LogP contribution in [0.1, 0.15) is 25.7 Å². The van der Waals surface area contributed by atoms with E-state index in [0.717, 1.165) is 31.4 Å². The van der Waals surface area contributed by atoms with Crippen molar-refractivity contribution in [2.45, 2.75) is 25.7 Å². The fourth-order valence-electron chi connectivity index (χ4n) is 2.97. The van der Waals surface area contributed by atoms with Crippen LogP contribution in [0.15, 0.2) is 12.2 Å². The number of aliphatic carboxylic acids is 1. The molecule has 2 bridgehead atoms. The van der Waals surface area contributed by atoms with Crippen LogP contribution < -0.4 is 10.9 Å². The molecule has 18 heavy (non-hydrogen) atoms. The summed E-state index contributed by atoms with van der Waals surface area (Å²) in [6.45, 7) is 0. The molecule has 98 valence electrons. The summed E-state index contributed by atoms with van der Waals surface area (Å²) >= 11 is 0. The van der Waals surface area contributed by atoms with Crippen molar-refractivity contribution in [3.8, 4) is 0 Å². The number of hydrogen-bond donors (Lipinski definition) is 3. The van der Waals surface area contributed by atoms with Gasteiger partial charge in [-0.25, -0.2) is 4.79 Å². The van der Waals surface area contributed by atoms with E-state index in [-0.39, 0.29) is 11.8 Å². The van der Waals surface area contributed by atoms with Crippen LogP contribution in [0.5, 0.6) is 0 Å². The molecule has 3 N–H and O–H groups in total. The molecule has 0 aromatic rings. The van der Waals surface area contributed by atoms with E-state index in [1.54, 1.807) is 0 Å². The Kier molecular flexibility index (Phi) is 3.64. The fourth-order valence-corrected chi connectivity index (χ4v) is 2.97. The molecule has 0 aliphatic heterocycles. The summed E-state index contributed by atoms with van der Waals surface area (Å²) in [4.78, 5) is 33.1. The molecule has 2 amide bonds. The highest BCUT2D eigenvalue weighted by Gasteiger charge is 2.43. The highest BCUT2D eigenvalue weighted by Crippen LogP contribution is 2.48. The standard InChI is InChI=1S/C12H16N2O4/c15-10(3-4-11(16)17)13-14-12(18)9-6-7-1-2-8(9)5-7/h3-4,7-9H,1-2,5-6H2,(H,13,15)(H,14,18)(H,16,17)/b4-3-/t7-,8-,9-/m0/s1. The number of fused-ring (bicyclic) bond motifs is 2. The first kappa shape index (κ1) is 12.6. The molecular weight excluding hydrogens is 236 g/mol. The maximum absolute atomic E-state index is 11.8. The van der Waals surface area contributed by atoms with Crippen molar-refractivity contribution >= 4 is 17.8 Å². The van der Waals surface area contributed by atoms with Crippen LogP contribution >= 0.6 is 0 Å². The number of hydrazine groups is 1. The average Bonchev–Trinajstić information content (AvgIpc) is 2.95. The molecule has 0 unspecified atom stereocenters. The van der Waals surface area contributed by atoms with Crippen LogP contribution in [0.4, 0.5) is 0 Å². The van der Waals surface area contributed by atoms with Crippen LogP contribution in [0.2, 0.25) is 0 Å². The second-order valence-electron chi connectivity index (χ2n) is 4.93. The Bertz CT molecular complexity index is 405. The Hall–Kier alpha value is -1.85. The van der Waals surface area contributed by atoms with Crippen molar-refractivity contribution < 1.29 is 19.5 Å². The Labute approximate surface area is 104 Å². The van der Waals surface area contributed by atoms with Crippen molar-refractivity contribution in [1.82, 2.24) is 10.9 Å². The van der Waals surface area contributed by atoms with Crippen LogP contribution in [0, 0.1) is 17.8 Å². The van der Waals surface area contributed by atoms with Gasteiger partial charge in [-0.2, -0.15) is 0 Å². The van der Waals surface area contributed by atoms with E-state index in [4.69, 9.17) is 5.11 Å². The number of amides is 2. The summed E-state index contributed by atoms with van der Waals surface area (Å²) in [5.41, 5.74) is 4.54. The fraction of sp³-hybridized carbons (Fsp3) is 0.583. The van der Waals surface area contributed by atoms with Gasteiger partial charge in [-0.15, -0.1) is 0 Å². The van der Waals surface area contributed by atoms with Crippen LogP contribution in [0.3, 0.4) is 0 Å². The van der Waals surface area contributed by atoms with Gasteiger partial charge in [-0.05, 0) is 31.1 Å². The lowest BCUT2D eigenvalue weighted by atomic mass is 9.88. The van der Waals surface area contributed by atoms with Crippen molar-refractivity contribution in [2.24, 2.45) is 17.8 Å². The van der Waals surface area contributed by atoms with Gasteiger partial charge in [0.15, 0.2) is 0 Å². The Balaban J connectivity index is 1.75. The zero-order valence-electron chi connectivity index (χ0n) is 9.89. The maximum atomic E-state index is 11.8. The molecule has 6 heteroatoms. The number of rotatable bonds is 3. The number of carboxylic acid groups (broad SMARTS) is 1. The van der Waals surface area contributed by atoms with E-state index in [1.165, 1.54) is 6.42 Å². The van der Waals surface area contributed by atoms with E-state index in [0.29, 0.717) is 11.8 Å². The molecule has 2 saturated carbocycles. The Morgan fingerprint density at radius 1 is 1.06 bits per heavy atom. The molecule has 6 nitrogen and oxygen atoms in total. The summed E-state index contributed by atoms with van der Waals surface area (Å²) in [5, 5.41) is 8.33. The third-order valence-electron chi connectivity index (χ3n) is 3.76. The van der Waals surface area contributed by atoms with E-state index in [2.05, 4.69) is 10.9 Å². The lowest BCUT2D eigenvalue weighted by molar-refractivity contribution is -0.131. The number of carboxylic acids is 1. The molecule has 2 aliphatic rings. The second kappa shape index (κ2) is 5.20. The molecule has 0 spiro atoms. The molecule has 2 rings (SSSR count). The molecule has 0 saturated heterocycles. The van der Waals surface area contributed by atoms with Gasteiger partial charge in [0.25, 0.3) is 5.91 Å². The Morgan fingerprint density at radius 2 is 1.83 bits per heavy atom. The van der Waals surface area contributed by atoms with Crippen LogP contribution in [-0.2, 0) is 14.4 Å². The minimum Gasteiger partial charge on any atom is -0.478 e. The van der Waals surface area contributed by atoms with Crippen molar-refractivity contribution in [3.05, 3.63) is 12.2 Å². The number of carbonyl (C=O) groups excluding carboxylic acids is 2. The van der Waals surface area contributed by atoms with Crippen LogP contribution in [0.25, 0.3) is 0 Å². The van der Waals surface area contributed by atoms with Gasteiger partial charge in [-0.3, -0.25) is 20.4 Å². The first-order chi connectivity index (χ1) is 8.56. The first-order valence-electron chi connectivity index (χ1n) is 6.07. The lowest BCUT2D eigenvalue weighted by Crippen LogP contribution is -2.45.